The Morgan fingerprint density at radius 2 is 1.79 bits per heavy atom. The Balaban J connectivity index is 1.23. The first-order valence-corrected chi connectivity index (χ1v) is 13.8. The van der Waals surface area contributed by atoms with Gasteiger partial charge in [0.25, 0.3) is 0 Å². The van der Waals surface area contributed by atoms with Gasteiger partial charge in [0.2, 0.25) is 5.91 Å². The summed E-state index contributed by atoms with van der Waals surface area (Å²) in [4.78, 5) is 24.6. The summed E-state index contributed by atoms with van der Waals surface area (Å²) in [6, 6.07) is 6.32. The molecule has 11 heteroatoms. The van der Waals surface area contributed by atoms with Gasteiger partial charge in [-0.3, -0.25) is 9.48 Å². The molecule has 4 bridgehead atoms. The van der Waals surface area contributed by atoms with Crippen molar-refractivity contribution < 1.29 is 14.1 Å². The number of nitrogens with zero attached hydrogens (tertiary/aromatic N) is 5. The predicted octanol–water partition coefficient (Wildman–Crippen LogP) is 6.08. The van der Waals surface area contributed by atoms with E-state index in [-0.39, 0.29) is 33.5 Å². The fourth-order valence-electron chi connectivity index (χ4n) is 8.22. The molecule has 2 atom stereocenters. The van der Waals surface area contributed by atoms with Crippen molar-refractivity contribution >= 4 is 29.0 Å². The van der Waals surface area contributed by atoms with Crippen LogP contribution in [0.2, 0.25) is 5.02 Å². The average molecular weight is 555 g/mol. The van der Waals surface area contributed by atoms with E-state index in [1.54, 1.807) is 19.1 Å². The first-order valence-electron chi connectivity index (χ1n) is 13.5. The lowest BCUT2D eigenvalue weighted by Crippen LogP contribution is -2.57. The lowest BCUT2D eigenvalue weighted by molar-refractivity contribution is -0.389. The van der Waals surface area contributed by atoms with E-state index in [9.17, 15) is 19.3 Å². The molecular formula is C28H32ClFN6O3. The number of hydrogen-bond acceptors (Lipinski definition) is 5. The van der Waals surface area contributed by atoms with Crippen molar-refractivity contribution in [3.63, 3.8) is 0 Å². The maximum Gasteiger partial charge on any atom is 0.408 e. The Morgan fingerprint density at radius 1 is 1.13 bits per heavy atom. The largest absolute Gasteiger partial charge is 0.408 e. The first kappa shape index (κ1) is 26.0. The summed E-state index contributed by atoms with van der Waals surface area (Å²) in [6.07, 6.45) is 6.08. The molecule has 0 spiro atoms. The maximum atomic E-state index is 13.5. The van der Waals surface area contributed by atoms with E-state index in [0.717, 1.165) is 55.5 Å². The number of aromatic nitrogens is 4. The highest BCUT2D eigenvalue weighted by Gasteiger charge is 2.61. The molecule has 0 saturated heterocycles. The molecular weight excluding hydrogens is 523 g/mol. The molecule has 2 heterocycles. The van der Waals surface area contributed by atoms with Crippen molar-refractivity contribution in [2.75, 3.05) is 5.32 Å². The number of carbonyl (C=O) groups excluding carboxylic acids is 1. The average Bonchev–Trinajstić information content (AvgIpc) is 3.30. The molecule has 4 aliphatic rings. The molecule has 0 radical (unpaired) electrons. The van der Waals surface area contributed by atoms with Crippen LogP contribution in [0.3, 0.4) is 0 Å². The van der Waals surface area contributed by atoms with Crippen molar-refractivity contribution in [3.05, 3.63) is 67.9 Å². The fourth-order valence-corrected chi connectivity index (χ4v) is 8.41. The molecule has 1 amide bonds. The van der Waals surface area contributed by atoms with Crippen LogP contribution < -0.4 is 5.32 Å². The number of halogens is 2. The number of hydrogen-bond donors (Lipinski definition) is 1. The van der Waals surface area contributed by atoms with E-state index in [1.807, 2.05) is 23.2 Å². The minimum absolute atomic E-state index is 0.0409. The summed E-state index contributed by atoms with van der Waals surface area (Å²) < 4.78 is 17.0. The van der Waals surface area contributed by atoms with E-state index in [2.05, 4.69) is 15.5 Å². The number of anilines is 1. The van der Waals surface area contributed by atoms with Crippen LogP contribution >= 0.6 is 11.6 Å². The second-order valence-electron chi connectivity index (χ2n) is 12.1. The maximum absolute atomic E-state index is 13.5. The molecule has 39 heavy (non-hydrogen) atoms. The number of aryl methyl sites for hydroxylation is 1. The van der Waals surface area contributed by atoms with Gasteiger partial charge in [-0.25, -0.2) is 4.39 Å². The highest BCUT2D eigenvalue weighted by atomic mass is 35.5. The van der Waals surface area contributed by atoms with Crippen LogP contribution in [0, 0.1) is 54.0 Å². The van der Waals surface area contributed by atoms with Gasteiger partial charge in [0.05, 0.1) is 40.0 Å². The molecule has 4 aliphatic carbocycles. The van der Waals surface area contributed by atoms with Crippen molar-refractivity contribution in [1.29, 1.82) is 0 Å². The van der Waals surface area contributed by atoms with Crippen LogP contribution in [0.1, 0.15) is 67.6 Å². The highest BCUT2D eigenvalue weighted by molar-refractivity contribution is 6.33. The van der Waals surface area contributed by atoms with Crippen molar-refractivity contribution in [3.8, 4) is 0 Å². The number of carbonyl (C=O) groups is 1. The van der Waals surface area contributed by atoms with Gasteiger partial charge < -0.3 is 15.4 Å². The van der Waals surface area contributed by atoms with Crippen LogP contribution in [0.5, 0.6) is 0 Å². The van der Waals surface area contributed by atoms with Crippen molar-refractivity contribution in [2.24, 2.45) is 17.3 Å². The molecule has 2 aromatic heterocycles. The first-order chi connectivity index (χ1) is 18.5. The number of amides is 1. The molecule has 3 aromatic rings. The van der Waals surface area contributed by atoms with E-state index < -0.39 is 4.92 Å². The highest BCUT2D eigenvalue weighted by Crippen LogP contribution is 2.65. The van der Waals surface area contributed by atoms with Crippen LogP contribution in [-0.2, 0) is 16.9 Å². The Morgan fingerprint density at radius 3 is 2.41 bits per heavy atom. The molecule has 0 aliphatic heterocycles. The van der Waals surface area contributed by atoms with Gasteiger partial charge in [-0.05, 0) is 99.2 Å². The smallest absolute Gasteiger partial charge is 0.358 e. The minimum Gasteiger partial charge on any atom is -0.358 e. The monoisotopic (exact) mass is 554 g/mol. The van der Waals surface area contributed by atoms with E-state index >= 15 is 0 Å². The van der Waals surface area contributed by atoms with Gasteiger partial charge in [0.15, 0.2) is 5.02 Å². The van der Waals surface area contributed by atoms with Crippen LogP contribution in [0.15, 0.2) is 24.3 Å². The lowest BCUT2D eigenvalue weighted by Gasteiger charge is -2.61. The second-order valence-corrected chi connectivity index (χ2v) is 12.5. The van der Waals surface area contributed by atoms with Crippen LogP contribution in [-0.4, -0.2) is 30.4 Å². The van der Waals surface area contributed by atoms with Gasteiger partial charge in [-0.2, -0.15) is 9.78 Å². The van der Waals surface area contributed by atoms with Crippen LogP contribution in [0.25, 0.3) is 0 Å². The third kappa shape index (κ3) is 4.42. The zero-order valence-electron chi connectivity index (χ0n) is 22.3. The van der Waals surface area contributed by atoms with E-state index in [0.29, 0.717) is 36.2 Å². The Kier molecular flexibility index (Phi) is 6.09. The molecule has 7 rings (SSSR count). The standard InChI is InChI=1S/C28H32ClFN6O3/c1-16-25(18(3)34(32-16)14-19-4-6-22(30)7-5-19)31-23(37)13-27-9-20-8-21(10-27)12-28(11-20,15-27)35-17(2)24(29)26(33-35)36(38)39/h4-7,20-21H,8-15H2,1-3H3,(H,31,37). The quantitative estimate of drug-likeness (QED) is 0.281. The van der Waals surface area contributed by atoms with E-state index in [4.69, 9.17) is 11.6 Å². The molecule has 206 valence electrons. The van der Waals surface area contributed by atoms with Gasteiger partial charge in [-0.15, -0.1) is 0 Å². The lowest BCUT2D eigenvalue weighted by atomic mass is 9.46. The minimum atomic E-state index is -0.517. The normalized spacial score (nSPS) is 27.2. The molecule has 1 aromatic carbocycles. The van der Waals surface area contributed by atoms with Gasteiger partial charge >= 0.3 is 5.82 Å². The predicted molar refractivity (Wildman–Crippen MR) is 144 cm³/mol. The molecule has 2 unspecified atom stereocenters. The number of nitrogens with one attached hydrogen (secondary N) is 1. The van der Waals surface area contributed by atoms with Crippen molar-refractivity contribution in [1.82, 2.24) is 19.6 Å². The summed E-state index contributed by atoms with van der Waals surface area (Å²) in [5.41, 5.74) is 3.32. The van der Waals surface area contributed by atoms with Gasteiger partial charge in [0.1, 0.15) is 5.82 Å². The molecule has 9 nitrogen and oxygen atoms in total. The number of rotatable bonds is 7. The van der Waals surface area contributed by atoms with Gasteiger partial charge in [0, 0.05) is 6.42 Å². The molecule has 4 saturated carbocycles. The van der Waals surface area contributed by atoms with Gasteiger partial charge in [-0.1, -0.05) is 23.7 Å². The third-order valence-corrected chi connectivity index (χ3v) is 9.67. The summed E-state index contributed by atoms with van der Waals surface area (Å²) in [5.74, 6) is 0.307. The Bertz CT molecular complexity index is 1470. The molecule has 4 fully saturated rings. The summed E-state index contributed by atoms with van der Waals surface area (Å²) in [7, 11) is 0. The Labute approximate surface area is 230 Å². The summed E-state index contributed by atoms with van der Waals surface area (Å²) in [5, 5.41) is 23.8. The zero-order valence-corrected chi connectivity index (χ0v) is 23.1. The van der Waals surface area contributed by atoms with E-state index in [1.165, 1.54) is 12.1 Å². The number of nitro groups is 1. The zero-order chi connectivity index (χ0) is 27.7. The van der Waals surface area contributed by atoms with Crippen molar-refractivity contribution in [2.45, 2.75) is 77.8 Å². The molecule has 1 N–H and O–H groups in total. The topological polar surface area (TPSA) is 108 Å². The summed E-state index contributed by atoms with van der Waals surface area (Å²) >= 11 is 6.33. The third-order valence-electron chi connectivity index (χ3n) is 9.23. The Hall–Kier alpha value is -3.27. The summed E-state index contributed by atoms with van der Waals surface area (Å²) in [6.45, 7) is 6.09. The fraction of sp³-hybridized carbons (Fsp3) is 0.536. The van der Waals surface area contributed by atoms with Crippen LogP contribution in [0.4, 0.5) is 15.9 Å². The number of benzene rings is 1. The second kappa shape index (κ2) is 9.15. The SMILES string of the molecule is Cc1nn(Cc2ccc(F)cc2)c(C)c1NC(=O)CC12CC3CC(C1)CC(n1nc([N+](=O)[O-])c(Cl)c1C)(C3)C2.